The lowest BCUT2D eigenvalue weighted by molar-refractivity contribution is 0.647. The van der Waals surface area contributed by atoms with Crippen LogP contribution in [0.5, 0.6) is 0 Å². The van der Waals surface area contributed by atoms with Crippen LogP contribution in [0.2, 0.25) is 0 Å². The highest BCUT2D eigenvalue weighted by atomic mass is 16.1. The quantitative estimate of drug-likeness (QED) is 0.713. The van der Waals surface area contributed by atoms with Gasteiger partial charge in [0.15, 0.2) is 0 Å². The summed E-state index contributed by atoms with van der Waals surface area (Å²) in [6, 6.07) is 1.74. The Hall–Kier alpha value is -1.71. The summed E-state index contributed by atoms with van der Waals surface area (Å²) in [6.07, 6.45) is 5.72. The molecule has 0 spiro atoms. The first-order valence-electron chi connectivity index (χ1n) is 4.62. The molecule has 4 heteroatoms. The second-order valence-electron chi connectivity index (χ2n) is 3.14. The molecule has 0 bridgehead atoms. The maximum Gasteiger partial charge on any atom is 0.262 e. The molecule has 0 atom stereocenters. The van der Waals surface area contributed by atoms with Crippen molar-refractivity contribution in [3.05, 3.63) is 35.1 Å². The monoisotopic (exact) mass is 189 g/mol. The average Bonchev–Trinajstić information content (AvgIpc) is 2.23. The molecular weight excluding hydrogens is 178 g/mol. The highest BCUT2D eigenvalue weighted by Crippen LogP contribution is 2.02. The van der Waals surface area contributed by atoms with Crippen molar-refractivity contribution in [3.8, 4) is 0 Å². The first-order valence-corrected chi connectivity index (χ1v) is 4.62. The van der Waals surface area contributed by atoms with Crippen molar-refractivity contribution in [2.45, 2.75) is 19.9 Å². The second kappa shape index (κ2) is 3.57. The van der Waals surface area contributed by atoms with Crippen molar-refractivity contribution in [1.29, 1.82) is 0 Å². The summed E-state index contributed by atoms with van der Waals surface area (Å²) in [7, 11) is 0. The zero-order chi connectivity index (χ0) is 9.97. The van der Waals surface area contributed by atoms with Gasteiger partial charge in [0.25, 0.3) is 5.56 Å². The van der Waals surface area contributed by atoms with Crippen molar-refractivity contribution in [3.63, 3.8) is 0 Å². The van der Waals surface area contributed by atoms with Crippen molar-refractivity contribution >= 4 is 10.9 Å². The maximum absolute atomic E-state index is 11.8. The van der Waals surface area contributed by atoms with Crippen molar-refractivity contribution in [2.75, 3.05) is 0 Å². The van der Waals surface area contributed by atoms with Crippen LogP contribution in [0.1, 0.15) is 13.3 Å². The van der Waals surface area contributed by atoms with E-state index in [1.54, 1.807) is 29.4 Å². The topological polar surface area (TPSA) is 47.8 Å². The summed E-state index contributed by atoms with van der Waals surface area (Å²) in [5, 5.41) is 0.587. The zero-order valence-corrected chi connectivity index (χ0v) is 7.97. The number of pyridine rings is 1. The number of aromatic nitrogens is 3. The Bertz CT molecular complexity index is 504. The molecule has 2 heterocycles. The predicted molar refractivity (Wildman–Crippen MR) is 54.1 cm³/mol. The number of hydrogen-bond donors (Lipinski definition) is 0. The molecule has 0 aromatic carbocycles. The van der Waals surface area contributed by atoms with Gasteiger partial charge in [-0.3, -0.25) is 14.3 Å². The summed E-state index contributed by atoms with van der Waals surface area (Å²) in [6.45, 7) is 2.73. The van der Waals surface area contributed by atoms with Gasteiger partial charge in [0.2, 0.25) is 0 Å². The Kier molecular flexibility index (Phi) is 2.26. The fourth-order valence-corrected chi connectivity index (χ4v) is 1.40. The third kappa shape index (κ3) is 1.39. The molecule has 0 radical (unpaired) electrons. The van der Waals surface area contributed by atoms with Gasteiger partial charge in [0, 0.05) is 18.9 Å². The van der Waals surface area contributed by atoms with Gasteiger partial charge < -0.3 is 0 Å². The molecule has 2 aromatic rings. The van der Waals surface area contributed by atoms with Gasteiger partial charge >= 0.3 is 0 Å². The SMILES string of the molecule is CCCn1cnc2ccncc2c1=O. The van der Waals surface area contributed by atoms with E-state index in [-0.39, 0.29) is 5.56 Å². The van der Waals surface area contributed by atoms with E-state index in [0.717, 1.165) is 6.42 Å². The lowest BCUT2D eigenvalue weighted by atomic mass is 10.3. The van der Waals surface area contributed by atoms with Gasteiger partial charge in [0.05, 0.1) is 17.2 Å². The first-order chi connectivity index (χ1) is 6.83. The third-order valence-corrected chi connectivity index (χ3v) is 2.09. The fourth-order valence-electron chi connectivity index (χ4n) is 1.40. The summed E-state index contributed by atoms with van der Waals surface area (Å²) < 4.78 is 1.62. The van der Waals surface area contributed by atoms with Crippen molar-refractivity contribution in [2.24, 2.45) is 0 Å². The van der Waals surface area contributed by atoms with Crippen molar-refractivity contribution in [1.82, 2.24) is 14.5 Å². The largest absolute Gasteiger partial charge is 0.299 e. The number of hydrogen-bond acceptors (Lipinski definition) is 3. The second-order valence-corrected chi connectivity index (χ2v) is 3.14. The van der Waals surface area contributed by atoms with E-state index in [4.69, 9.17) is 0 Å². The zero-order valence-electron chi connectivity index (χ0n) is 7.97. The molecule has 0 N–H and O–H groups in total. The third-order valence-electron chi connectivity index (χ3n) is 2.09. The van der Waals surface area contributed by atoms with E-state index in [1.807, 2.05) is 6.92 Å². The van der Waals surface area contributed by atoms with E-state index in [2.05, 4.69) is 9.97 Å². The molecule has 2 aromatic heterocycles. The predicted octanol–water partition coefficient (Wildman–Crippen LogP) is 1.20. The van der Waals surface area contributed by atoms with E-state index in [1.165, 1.54) is 0 Å². The summed E-state index contributed by atoms with van der Waals surface area (Å²) >= 11 is 0. The summed E-state index contributed by atoms with van der Waals surface area (Å²) in [4.78, 5) is 19.9. The molecular formula is C10H11N3O. The van der Waals surface area contributed by atoms with Gasteiger partial charge in [-0.2, -0.15) is 0 Å². The molecule has 72 valence electrons. The highest BCUT2D eigenvalue weighted by Gasteiger charge is 2.01. The van der Waals surface area contributed by atoms with Gasteiger partial charge in [-0.1, -0.05) is 6.92 Å². The maximum atomic E-state index is 11.8. The van der Waals surface area contributed by atoms with Crippen LogP contribution in [0.15, 0.2) is 29.6 Å². The van der Waals surface area contributed by atoms with Crippen LogP contribution in [0.3, 0.4) is 0 Å². The lowest BCUT2D eigenvalue weighted by Gasteiger charge is -2.03. The van der Waals surface area contributed by atoms with Crippen LogP contribution in [0.25, 0.3) is 10.9 Å². The van der Waals surface area contributed by atoms with Crippen LogP contribution in [0, 0.1) is 0 Å². The summed E-state index contributed by atoms with van der Waals surface area (Å²) in [5.41, 5.74) is 0.697. The fraction of sp³-hybridized carbons (Fsp3) is 0.300. The van der Waals surface area contributed by atoms with Crippen molar-refractivity contribution < 1.29 is 0 Å². The highest BCUT2D eigenvalue weighted by molar-refractivity contribution is 5.75. The minimum atomic E-state index is -0.00931. The van der Waals surface area contributed by atoms with Crippen LogP contribution in [-0.2, 0) is 6.54 Å². The van der Waals surface area contributed by atoms with E-state index in [0.29, 0.717) is 17.4 Å². The molecule has 4 nitrogen and oxygen atoms in total. The Labute approximate surface area is 81.2 Å². The van der Waals surface area contributed by atoms with Gasteiger partial charge in [-0.05, 0) is 12.5 Å². The number of aryl methyl sites for hydroxylation is 1. The molecule has 0 fully saturated rings. The van der Waals surface area contributed by atoms with Crippen LogP contribution in [-0.4, -0.2) is 14.5 Å². The Morgan fingerprint density at radius 3 is 3.14 bits per heavy atom. The minimum absolute atomic E-state index is 0.00931. The van der Waals surface area contributed by atoms with Gasteiger partial charge in [0.1, 0.15) is 0 Å². The molecule has 0 unspecified atom stereocenters. The Morgan fingerprint density at radius 1 is 1.50 bits per heavy atom. The van der Waals surface area contributed by atoms with Crippen LogP contribution in [0.4, 0.5) is 0 Å². The Balaban J connectivity index is 2.69. The smallest absolute Gasteiger partial charge is 0.262 e. The standard InChI is InChI=1S/C10H11N3O/c1-2-5-13-7-12-9-3-4-11-6-8(9)10(13)14/h3-4,6-7H,2,5H2,1H3. The van der Waals surface area contributed by atoms with Gasteiger partial charge in [-0.15, -0.1) is 0 Å². The minimum Gasteiger partial charge on any atom is -0.299 e. The van der Waals surface area contributed by atoms with Gasteiger partial charge in [-0.25, -0.2) is 4.98 Å². The molecule has 0 aliphatic heterocycles. The van der Waals surface area contributed by atoms with E-state index in [9.17, 15) is 4.79 Å². The molecule has 2 rings (SSSR count). The number of rotatable bonds is 2. The summed E-state index contributed by atoms with van der Waals surface area (Å²) in [5.74, 6) is 0. The van der Waals surface area contributed by atoms with E-state index >= 15 is 0 Å². The average molecular weight is 189 g/mol. The Morgan fingerprint density at radius 2 is 2.36 bits per heavy atom. The molecule has 0 amide bonds. The molecule has 0 aliphatic rings. The first kappa shape index (κ1) is 8.87. The number of fused-ring (bicyclic) bond motifs is 1. The molecule has 0 aliphatic carbocycles. The van der Waals surface area contributed by atoms with Crippen LogP contribution >= 0.6 is 0 Å². The normalized spacial score (nSPS) is 10.6. The van der Waals surface area contributed by atoms with Crippen LogP contribution < -0.4 is 5.56 Å². The number of nitrogens with zero attached hydrogens (tertiary/aromatic N) is 3. The molecule has 14 heavy (non-hydrogen) atoms. The van der Waals surface area contributed by atoms with E-state index < -0.39 is 0 Å². The molecule has 0 saturated heterocycles. The lowest BCUT2D eigenvalue weighted by Crippen LogP contribution is -2.20. The molecule has 0 saturated carbocycles.